The van der Waals surface area contributed by atoms with Gasteiger partial charge in [-0.3, -0.25) is 0 Å². The predicted molar refractivity (Wildman–Crippen MR) is 78.1 cm³/mol. The SMILES string of the molecule is Cc1nc2cc(-c3c[nH]c4cc(F)ccc34)ccc2[nH]1. The van der Waals surface area contributed by atoms with Gasteiger partial charge >= 0.3 is 0 Å². The molecule has 98 valence electrons. The van der Waals surface area contributed by atoms with E-state index in [4.69, 9.17) is 0 Å². The van der Waals surface area contributed by atoms with Crippen LogP contribution in [0.4, 0.5) is 4.39 Å². The maximum atomic E-state index is 13.2. The molecule has 0 atom stereocenters. The third kappa shape index (κ3) is 1.61. The number of nitrogens with one attached hydrogen (secondary N) is 2. The number of nitrogens with zero attached hydrogens (tertiary/aromatic N) is 1. The number of rotatable bonds is 1. The second-order valence-electron chi connectivity index (χ2n) is 4.95. The largest absolute Gasteiger partial charge is 0.360 e. The topological polar surface area (TPSA) is 44.5 Å². The summed E-state index contributed by atoms with van der Waals surface area (Å²) in [6.45, 7) is 1.94. The van der Waals surface area contributed by atoms with Crippen LogP contribution in [0.2, 0.25) is 0 Å². The van der Waals surface area contributed by atoms with Gasteiger partial charge in [0, 0.05) is 22.7 Å². The fraction of sp³-hybridized carbons (Fsp3) is 0.0625. The summed E-state index contributed by atoms with van der Waals surface area (Å²) in [4.78, 5) is 10.8. The Kier molecular flexibility index (Phi) is 2.21. The summed E-state index contributed by atoms with van der Waals surface area (Å²) in [7, 11) is 0. The molecule has 0 fully saturated rings. The van der Waals surface area contributed by atoms with Crippen molar-refractivity contribution in [2.45, 2.75) is 6.92 Å². The Morgan fingerprint density at radius 1 is 1.05 bits per heavy atom. The summed E-state index contributed by atoms with van der Waals surface area (Å²) < 4.78 is 13.2. The molecule has 4 rings (SSSR count). The van der Waals surface area contributed by atoms with Gasteiger partial charge in [-0.2, -0.15) is 0 Å². The van der Waals surface area contributed by atoms with Crippen LogP contribution in [-0.2, 0) is 0 Å². The number of halogens is 1. The maximum Gasteiger partial charge on any atom is 0.125 e. The second kappa shape index (κ2) is 3.93. The van der Waals surface area contributed by atoms with Crippen LogP contribution in [-0.4, -0.2) is 15.0 Å². The Morgan fingerprint density at radius 2 is 1.95 bits per heavy atom. The Labute approximate surface area is 114 Å². The number of aromatic amines is 2. The number of aromatic nitrogens is 3. The van der Waals surface area contributed by atoms with Crippen molar-refractivity contribution in [3.05, 3.63) is 54.2 Å². The highest BCUT2D eigenvalue weighted by molar-refractivity contribution is 5.97. The molecule has 2 heterocycles. The molecule has 2 aromatic carbocycles. The molecule has 0 radical (unpaired) electrons. The van der Waals surface area contributed by atoms with Crippen LogP contribution in [0.25, 0.3) is 33.1 Å². The predicted octanol–water partition coefficient (Wildman–Crippen LogP) is 4.16. The molecule has 0 amide bonds. The first-order chi connectivity index (χ1) is 9.70. The molecule has 0 saturated heterocycles. The Morgan fingerprint density at radius 3 is 2.85 bits per heavy atom. The number of imidazole rings is 1. The molecule has 3 nitrogen and oxygen atoms in total. The van der Waals surface area contributed by atoms with Crippen molar-refractivity contribution in [3.8, 4) is 11.1 Å². The number of hydrogen-bond acceptors (Lipinski definition) is 1. The third-order valence-electron chi connectivity index (χ3n) is 3.56. The number of fused-ring (bicyclic) bond motifs is 2. The van der Waals surface area contributed by atoms with Crippen molar-refractivity contribution < 1.29 is 4.39 Å². The standard InChI is InChI=1S/C16H12FN3/c1-9-19-14-5-2-10(6-16(14)20-9)13-8-18-15-7-11(17)3-4-12(13)15/h2-8,18H,1H3,(H,19,20). The zero-order valence-corrected chi connectivity index (χ0v) is 10.9. The van der Waals surface area contributed by atoms with E-state index in [9.17, 15) is 4.39 Å². The van der Waals surface area contributed by atoms with E-state index in [1.54, 1.807) is 6.07 Å². The number of hydrogen-bond donors (Lipinski definition) is 2. The Bertz CT molecular complexity index is 933. The molecule has 0 aliphatic rings. The summed E-state index contributed by atoms with van der Waals surface area (Å²) in [6, 6.07) is 10.9. The lowest BCUT2D eigenvalue weighted by atomic mass is 10.0. The monoisotopic (exact) mass is 265 g/mol. The van der Waals surface area contributed by atoms with E-state index < -0.39 is 0 Å². The van der Waals surface area contributed by atoms with E-state index in [0.717, 1.165) is 38.9 Å². The van der Waals surface area contributed by atoms with Crippen LogP contribution in [0, 0.1) is 12.7 Å². The highest BCUT2D eigenvalue weighted by atomic mass is 19.1. The zero-order valence-electron chi connectivity index (χ0n) is 10.9. The molecule has 0 unspecified atom stereocenters. The molecule has 0 bridgehead atoms. The van der Waals surface area contributed by atoms with Crippen LogP contribution in [0.3, 0.4) is 0 Å². The van der Waals surface area contributed by atoms with E-state index in [2.05, 4.69) is 15.0 Å². The molecule has 20 heavy (non-hydrogen) atoms. The van der Waals surface area contributed by atoms with Gasteiger partial charge in [-0.1, -0.05) is 6.07 Å². The van der Waals surface area contributed by atoms with Gasteiger partial charge in [0.15, 0.2) is 0 Å². The fourth-order valence-corrected chi connectivity index (χ4v) is 2.64. The fourth-order valence-electron chi connectivity index (χ4n) is 2.64. The minimum Gasteiger partial charge on any atom is -0.360 e. The maximum absolute atomic E-state index is 13.2. The molecule has 2 N–H and O–H groups in total. The molecule has 2 aromatic heterocycles. The van der Waals surface area contributed by atoms with Gasteiger partial charge in [0.25, 0.3) is 0 Å². The van der Waals surface area contributed by atoms with Gasteiger partial charge < -0.3 is 9.97 Å². The van der Waals surface area contributed by atoms with Crippen LogP contribution in [0.15, 0.2) is 42.6 Å². The van der Waals surface area contributed by atoms with Gasteiger partial charge in [0.2, 0.25) is 0 Å². The molecular formula is C16H12FN3. The van der Waals surface area contributed by atoms with Crippen molar-refractivity contribution in [1.82, 2.24) is 15.0 Å². The number of H-pyrrole nitrogens is 2. The first-order valence-corrected chi connectivity index (χ1v) is 6.44. The molecule has 0 aliphatic carbocycles. The Balaban J connectivity index is 1.95. The Hall–Kier alpha value is -2.62. The quantitative estimate of drug-likeness (QED) is 0.533. The minimum atomic E-state index is -0.232. The van der Waals surface area contributed by atoms with E-state index in [0.29, 0.717) is 0 Å². The molecule has 0 spiro atoms. The van der Waals surface area contributed by atoms with E-state index in [-0.39, 0.29) is 5.82 Å². The summed E-state index contributed by atoms with van der Waals surface area (Å²) in [5.41, 5.74) is 4.90. The highest BCUT2D eigenvalue weighted by Gasteiger charge is 2.08. The third-order valence-corrected chi connectivity index (χ3v) is 3.56. The van der Waals surface area contributed by atoms with Gasteiger partial charge in [-0.05, 0) is 42.8 Å². The summed E-state index contributed by atoms with van der Waals surface area (Å²) in [5.74, 6) is 0.669. The van der Waals surface area contributed by atoms with Crippen molar-refractivity contribution in [2.75, 3.05) is 0 Å². The normalized spacial score (nSPS) is 11.5. The van der Waals surface area contributed by atoms with Crippen LogP contribution >= 0.6 is 0 Å². The lowest BCUT2D eigenvalue weighted by molar-refractivity contribution is 0.629. The first-order valence-electron chi connectivity index (χ1n) is 6.44. The van der Waals surface area contributed by atoms with Crippen molar-refractivity contribution in [2.24, 2.45) is 0 Å². The van der Waals surface area contributed by atoms with E-state index in [1.165, 1.54) is 12.1 Å². The van der Waals surface area contributed by atoms with E-state index in [1.807, 2.05) is 31.3 Å². The number of benzene rings is 2. The van der Waals surface area contributed by atoms with Crippen LogP contribution < -0.4 is 0 Å². The lowest BCUT2D eigenvalue weighted by Gasteiger charge is -2.00. The summed E-state index contributed by atoms with van der Waals surface area (Å²) in [6.07, 6.45) is 1.91. The average Bonchev–Trinajstić information content (AvgIpc) is 2.99. The van der Waals surface area contributed by atoms with Crippen LogP contribution in [0.1, 0.15) is 5.82 Å². The highest BCUT2D eigenvalue weighted by Crippen LogP contribution is 2.30. The number of aryl methyl sites for hydroxylation is 1. The van der Waals surface area contributed by atoms with Crippen molar-refractivity contribution in [3.63, 3.8) is 0 Å². The molecule has 4 heteroatoms. The van der Waals surface area contributed by atoms with Gasteiger partial charge in [-0.15, -0.1) is 0 Å². The molecule has 0 aliphatic heterocycles. The molecule has 0 saturated carbocycles. The van der Waals surface area contributed by atoms with Gasteiger partial charge in [-0.25, -0.2) is 9.37 Å². The van der Waals surface area contributed by atoms with Gasteiger partial charge in [0.05, 0.1) is 11.0 Å². The zero-order chi connectivity index (χ0) is 13.7. The van der Waals surface area contributed by atoms with Crippen molar-refractivity contribution in [1.29, 1.82) is 0 Å². The minimum absolute atomic E-state index is 0.232. The summed E-state index contributed by atoms with van der Waals surface area (Å²) >= 11 is 0. The molecular weight excluding hydrogens is 253 g/mol. The average molecular weight is 265 g/mol. The second-order valence-corrected chi connectivity index (χ2v) is 4.95. The van der Waals surface area contributed by atoms with Gasteiger partial charge in [0.1, 0.15) is 11.6 Å². The lowest BCUT2D eigenvalue weighted by Crippen LogP contribution is -1.78. The molecule has 4 aromatic rings. The van der Waals surface area contributed by atoms with E-state index >= 15 is 0 Å². The van der Waals surface area contributed by atoms with Crippen LogP contribution in [0.5, 0.6) is 0 Å². The summed E-state index contributed by atoms with van der Waals surface area (Å²) in [5, 5.41) is 1.01. The first kappa shape index (κ1) is 11.2. The van der Waals surface area contributed by atoms with Crippen molar-refractivity contribution >= 4 is 21.9 Å². The smallest absolute Gasteiger partial charge is 0.125 e.